The van der Waals surface area contributed by atoms with Gasteiger partial charge in [-0.3, -0.25) is 4.98 Å². The molecule has 0 amide bonds. The highest BCUT2D eigenvalue weighted by Gasteiger charge is 2.37. The number of nitrogens with zero attached hydrogens (tertiary/aromatic N) is 1. The van der Waals surface area contributed by atoms with Crippen LogP contribution in [0.15, 0.2) is 30.6 Å². The number of hydrogen-bond donors (Lipinski definition) is 1. The van der Waals surface area contributed by atoms with Crippen LogP contribution in [0, 0.1) is 0 Å². The van der Waals surface area contributed by atoms with E-state index in [1.165, 1.54) is 13.1 Å². The Morgan fingerprint density at radius 1 is 1.50 bits per heavy atom. The first-order valence-corrected chi connectivity index (χ1v) is 4.84. The van der Waals surface area contributed by atoms with E-state index in [4.69, 9.17) is 0 Å². The van der Waals surface area contributed by atoms with Crippen molar-refractivity contribution in [1.29, 1.82) is 0 Å². The zero-order chi connectivity index (χ0) is 12.0. The van der Waals surface area contributed by atoms with Gasteiger partial charge in [-0.25, -0.2) is 0 Å². The second kappa shape index (κ2) is 5.65. The van der Waals surface area contributed by atoms with Crippen molar-refractivity contribution in [1.82, 2.24) is 10.3 Å². The van der Waals surface area contributed by atoms with Crippen molar-refractivity contribution in [3.05, 3.63) is 36.2 Å². The molecule has 0 saturated heterocycles. The minimum absolute atomic E-state index is 0.0884. The van der Waals surface area contributed by atoms with Gasteiger partial charge >= 0.3 is 6.18 Å². The van der Waals surface area contributed by atoms with Gasteiger partial charge in [-0.2, -0.15) is 13.2 Å². The lowest BCUT2D eigenvalue weighted by atomic mass is 10.1. The van der Waals surface area contributed by atoms with Gasteiger partial charge in [0.05, 0.1) is 0 Å². The largest absolute Gasteiger partial charge is 0.404 e. The van der Waals surface area contributed by atoms with E-state index in [1.807, 2.05) is 0 Å². The lowest BCUT2D eigenvalue weighted by molar-refractivity contribution is -0.153. The smallest absolute Gasteiger partial charge is 0.309 e. The van der Waals surface area contributed by atoms with E-state index >= 15 is 0 Å². The van der Waals surface area contributed by atoms with Gasteiger partial charge in [0.25, 0.3) is 0 Å². The molecule has 1 N–H and O–H groups in total. The van der Waals surface area contributed by atoms with Crippen molar-refractivity contribution >= 4 is 6.08 Å². The molecule has 0 aromatic carbocycles. The van der Waals surface area contributed by atoms with E-state index in [-0.39, 0.29) is 6.42 Å². The SMILES string of the molecule is CNC(C/C=C/c1cccnc1)C(F)(F)F. The number of pyridine rings is 1. The Bertz CT molecular complexity index is 333. The number of rotatable bonds is 4. The minimum Gasteiger partial charge on any atom is -0.309 e. The Morgan fingerprint density at radius 3 is 2.75 bits per heavy atom. The monoisotopic (exact) mass is 230 g/mol. The molecule has 5 heteroatoms. The van der Waals surface area contributed by atoms with E-state index in [9.17, 15) is 13.2 Å². The summed E-state index contributed by atoms with van der Waals surface area (Å²) in [5, 5.41) is 2.24. The molecule has 88 valence electrons. The first-order valence-electron chi connectivity index (χ1n) is 4.84. The van der Waals surface area contributed by atoms with Gasteiger partial charge in [0, 0.05) is 12.4 Å². The lowest BCUT2D eigenvalue weighted by Gasteiger charge is -2.17. The highest BCUT2D eigenvalue weighted by molar-refractivity contribution is 5.47. The summed E-state index contributed by atoms with van der Waals surface area (Å²) in [6.45, 7) is 0. The first-order chi connectivity index (χ1) is 7.54. The van der Waals surface area contributed by atoms with Gasteiger partial charge in [-0.05, 0) is 25.1 Å². The van der Waals surface area contributed by atoms with Crippen LogP contribution in [0.5, 0.6) is 0 Å². The molecule has 1 heterocycles. The van der Waals surface area contributed by atoms with E-state index < -0.39 is 12.2 Å². The number of aromatic nitrogens is 1. The van der Waals surface area contributed by atoms with Gasteiger partial charge < -0.3 is 5.32 Å². The van der Waals surface area contributed by atoms with E-state index in [0.717, 1.165) is 5.56 Å². The summed E-state index contributed by atoms with van der Waals surface area (Å²) in [5.74, 6) is 0. The molecule has 0 fully saturated rings. The van der Waals surface area contributed by atoms with Crippen molar-refractivity contribution in [2.45, 2.75) is 18.6 Å². The summed E-state index contributed by atoms with van der Waals surface area (Å²) in [4.78, 5) is 3.86. The highest BCUT2D eigenvalue weighted by atomic mass is 19.4. The Balaban J connectivity index is 2.53. The number of hydrogen-bond acceptors (Lipinski definition) is 2. The Hall–Kier alpha value is -1.36. The number of alkyl halides is 3. The summed E-state index contributed by atoms with van der Waals surface area (Å²) >= 11 is 0. The van der Waals surface area contributed by atoms with Crippen LogP contribution in [0.3, 0.4) is 0 Å². The van der Waals surface area contributed by atoms with Crippen molar-refractivity contribution in [2.24, 2.45) is 0 Å². The summed E-state index contributed by atoms with van der Waals surface area (Å²) < 4.78 is 37.0. The predicted molar refractivity (Wildman–Crippen MR) is 56.8 cm³/mol. The number of nitrogens with one attached hydrogen (secondary N) is 1. The van der Waals surface area contributed by atoms with Crippen LogP contribution in [-0.2, 0) is 0 Å². The second-order valence-electron chi connectivity index (χ2n) is 3.31. The lowest BCUT2D eigenvalue weighted by Crippen LogP contribution is -2.39. The molecular weight excluding hydrogens is 217 g/mol. The molecule has 0 aliphatic rings. The third-order valence-corrected chi connectivity index (χ3v) is 2.11. The summed E-state index contributed by atoms with van der Waals surface area (Å²) in [6.07, 6.45) is 2.03. The summed E-state index contributed by atoms with van der Waals surface area (Å²) in [7, 11) is 1.30. The molecule has 0 aliphatic carbocycles. The fourth-order valence-corrected chi connectivity index (χ4v) is 1.23. The third kappa shape index (κ3) is 4.02. The van der Waals surface area contributed by atoms with Crippen molar-refractivity contribution in [2.75, 3.05) is 7.05 Å². The Kier molecular flexibility index (Phi) is 4.49. The first kappa shape index (κ1) is 12.7. The zero-order valence-corrected chi connectivity index (χ0v) is 8.83. The maximum Gasteiger partial charge on any atom is 0.404 e. The van der Waals surface area contributed by atoms with Gasteiger partial charge in [-0.15, -0.1) is 0 Å². The summed E-state index contributed by atoms with van der Waals surface area (Å²) in [6, 6.07) is 2.02. The van der Waals surface area contributed by atoms with Gasteiger partial charge in [0.2, 0.25) is 0 Å². The van der Waals surface area contributed by atoms with Crippen LogP contribution < -0.4 is 5.32 Å². The molecule has 1 unspecified atom stereocenters. The summed E-state index contributed by atoms with van der Waals surface area (Å²) in [5.41, 5.74) is 0.791. The Labute approximate surface area is 92.2 Å². The molecule has 1 atom stereocenters. The molecule has 0 radical (unpaired) electrons. The minimum atomic E-state index is -4.21. The van der Waals surface area contributed by atoms with E-state index in [0.29, 0.717) is 0 Å². The quantitative estimate of drug-likeness (QED) is 0.860. The molecule has 0 spiro atoms. The van der Waals surface area contributed by atoms with E-state index in [2.05, 4.69) is 10.3 Å². The molecule has 0 aliphatic heterocycles. The van der Waals surface area contributed by atoms with Crippen LogP contribution in [0.1, 0.15) is 12.0 Å². The second-order valence-corrected chi connectivity index (χ2v) is 3.31. The fraction of sp³-hybridized carbons (Fsp3) is 0.364. The molecule has 16 heavy (non-hydrogen) atoms. The molecule has 1 aromatic rings. The van der Waals surface area contributed by atoms with Crippen LogP contribution >= 0.6 is 0 Å². The van der Waals surface area contributed by atoms with Gasteiger partial charge in [0.15, 0.2) is 0 Å². The van der Waals surface area contributed by atoms with Crippen molar-refractivity contribution in [3.63, 3.8) is 0 Å². The van der Waals surface area contributed by atoms with Crippen molar-refractivity contribution in [3.8, 4) is 0 Å². The zero-order valence-electron chi connectivity index (χ0n) is 8.83. The maximum absolute atomic E-state index is 12.3. The molecule has 2 nitrogen and oxygen atoms in total. The molecule has 1 rings (SSSR count). The third-order valence-electron chi connectivity index (χ3n) is 2.11. The van der Waals surface area contributed by atoms with Crippen molar-refractivity contribution < 1.29 is 13.2 Å². The topological polar surface area (TPSA) is 24.9 Å². The van der Waals surface area contributed by atoms with Gasteiger partial charge in [-0.1, -0.05) is 18.2 Å². The van der Waals surface area contributed by atoms with E-state index in [1.54, 1.807) is 30.6 Å². The molecular formula is C11H13F3N2. The molecule has 0 bridgehead atoms. The predicted octanol–water partition coefficient (Wildman–Crippen LogP) is 2.64. The highest BCUT2D eigenvalue weighted by Crippen LogP contribution is 2.22. The van der Waals surface area contributed by atoms with Crippen LogP contribution in [0.25, 0.3) is 6.08 Å². The van der Waals surface area contributed by atoms with Crippen LogP contribution in [0.4, 0.5) is 13.2 Å². The molecule has 1 aromatic heterocycles. The van der Waals surface area contributed by atoms with Gasteiger partial charge in [0.1, 0.15) is 6.04 Å². The van der Waals surface area contributed by atoms with Crippen LogP contribution in [0.2, 0.25) is 0 Å². The maximum atomic E-state index is 12.3. The fourth-order valence-electron chi connectivity index (χ4n) is 1.23. The normalized spacial score (nSPS) is 14.2. The number of halogens is 3. The van der Waals surface area contributed by atoms with Crippen LogP contribution in [-0.4, -0.2) is 24.2 Å². The Morgan fingerprint density at radius 2 is 2.25 bits per heavy atom. The standard InChI is InChI=1S/C11H13F3N2/c1-15-10(11(12,13)14)6-2-4-9-5-3-7-16-8-9/h2-5,7-8,10,15H,6H2,1H3/b4-2+. The average Bonchev–Trinajstić information content (AvgIpc) is 2.24. The average molecular weight is 230 g/mol. The molecule has 0 saturated carbocycles.